The van der Waals surface area contributed by atoms with Gasteiger partial charge < -0.3 is 5.32 Å². The molecule has 2 nitrogen and oxygen atoms in total. The minimum atomic E-state index is 0.0983. The van der Waals surface area contributed by atoms with Gasteiger partial charge in [0.2, 0.25) is 5.91 Å². The summed E-state index contributed by atoms with van der Waals surface area (Å²) in [7, 11) is 0. The summed E-state index contributed by atoms with van der Waals surface area (Å²) in [4.78, 5) is 12.0. The third kappa shape index (κ3) is 5.42. The Morgan fingerprint density at radius 1 is 1.05 bits per heavy atom. The molecule has 0 saturated heterocycles. The first-order valence-corrected chi connectivity index (χ1v) is 7.52. The molecule has 110 valence electrons. The molecule has 1 amide bonds. The van der Waals surface area contributed by atoms with Gasteiger partial charge in [0.15, 0.2) is 0 Å². The molecule has 0 aromatic heterocycles. The van der Waals surface area contributed by atoms with Gasteiger partial charge in [0.05, 0.1) is 6.42 Å². The second-order valence-corrected chi connectivity index (χ2v) is 5.66. The van der Waals surface area contributed by atoms with Crippen LogP contribution in [0, 0.1) is 6.92 Å². The van der Waals surface area contributed by atoms with Crippen molar-refractivity contribution in [3.63, 3.8) is 0 Å². The maximum absolute atomic E-state index is 12.0. The summed E-state index contributed by atoms with van der Waals surface area (Å²) in [5.41, 5.74) is 3.58. The number of benzene rings is 2. The van der Waals surface area contributed by atoms with Crippen molar-refractivity contribution in [3.8, 4) is 0 Å². The van der Waals surface area contributed by atoms with Gasteiger partial charge in [-0.3, -0.25) is 4.79 Å². The molecule has 0 heterocycles. The average molecular weight is 281 g/mol. The van der Waals surface area contributed by atoms with Gasteiger partial charge in [0.1, 0.15) is 0 Å². The Morgan fingerprint density at radius 3 is 2.48 bits per heavy atom. The van der Waals surface area contributed by atoms with Crippen LogP contribution in [0.4, 0.5) is 0 Å². The summed E-state index contributed by atoms with van der Waals surface area (Å²) in [6.45, 7) is 4.11. The molecule has 0 aliphatic heterocycles. The van der Waals surface area contributed by atoms with Crippen molar-refractivity contribution < 1.29 is 4.79 Å². The minimum absolute atomic E-state index is 0.0983. The summed E-state index contributed by atoms with van der Waals surface area (Å²) in [5, 5.41) is 3.08. The standard InChI is InChI=1S/C19H23NO/c1-15-7-6-10-18(13-15)14-19(21)20-16(2)11-12-17-8-4-3-5-9-17/h3-10,13,16H,11-12,14H2,1-2H3,(H,20,21)/t16-/m0/s1. The molecule has 0 aliphatic rings. The van der Waals surface area contributed by atoms with Crippen LogP contribution in [0.2, 0.25) is 0 Å². The van der Waals surface area contributed by atoms with Crippen LogP contribution in [0.15, 0.2) is 54.6 Å². The summed E-state index contributed by atoms with van der Waals surface area (Å²) in [6, 6.07) is 18.7. The van der Waals surface area contributed by atoms with Crippen LogP contribution < -0.4 is 5.32 Å². The van der Waals surface area contributed by atoms with Crippen molar-refractivity contribution in [1.82, 2.24) is 5.32 Å². The first kappa shape index (κ1) is 15.3. The van der Waals surface area contributed by atoms with Gasteiger partial charge in [-0.25, -0.2) is 0 Å². The van der Waals surface area contributed by atoms with Crippen LogP contribution >= 0.6 is 0 Å². The summed E-state index contributed by atoms with van der Waals surface area (Å²) >= 11 is 0. The highest BCUT2D eigenvalue weighted by molar-refractivity contribution is 5.78. The monoisotopic (exact) mass is 281 g/mol. The predicted octanol–water partition coefficient (Wildman–Crippen LogP) is 3.68. The molecule has 2 rings (SSSR count). The zero-order valence-electron chi connectivity index (χ0n) is 12.8. The van der Waals surface area contributed by atoms with E-state index in [1.54, 1.807) is 0 Å². The summed E-state index contributed by atoms with van der Waals surface area (Å²) in [6.07, 6.45) is 2.41. The van der Waals surface area contributed by atoms with Gasteiger partial charge in [0.25, 0.3) is 0 Å². The van der Waals surface area contributed by atoms with Gasteiger partial charge in [-0.1, -0.05) is 60.2 Å². The smallest absolute Gasteiger partial charge is 0.224 e. The van der Waals surface area contributed by atoms with Gasteiger partial charge >= 0.3 is 0 Å². The number of carbonyl (C=O) groups excluding carboxylic acids is 1. The highest BCUT2D eigenvalue weighted by Crippen LogP contribution is 2.07. The molecule has 0 bridgehead atoms. The quantitative estimate of drug-likeness (QED) is 0.860. The van der Waals surface area contributed by atoms with Crippen LogP contribution in [0.1, 0.15) is 30.0 Å². The Bertz CT molecular complexity index is 577. The van der Waals surface area contributed by atoms with Crippen LogP contribution in [0.5, 0.6) is 0 Å². The van der Waals surface area contributed by atoms with Gasteiger partial charge in [0, 0.05) is 6.04 Å². The molecule has 0 radical (unpaired) electrons. The first-order valence-electron chi connectivity index (χ1n) is 7.52. The molecule has 2 aromatic rings. The Labute approximate surface area is 127 Å². The molecule has 1 atom stereocenters. The molecule has 2 heteroatoms. The number of aryl methyl sites for hydroxylation is 2. The minimum Gasteiger partial charge on any atom is -0.353 e. The molecular formula is C19H23NO. The maximum Gasteiger partial charge on any atom is 0.224 e. The van der Waals surface area contributed by atoms with Gasteiger partial charge in [-0.05, 0) is 37.8 Å². The Hall–Kier alpha value is -2.09. The lowest BCUT2D eigenvalue weighted by atomic mass is 10.1. The molecule has 21 heavy (non-hydrogen) atoms. The van der Waals surface area contributed by atoms with Crippen molar-refractivity contribution in [1.29, 1.82) is 0 Å². The largest absolute Gasteiger partial charge is 0.353 e. The van der Waals surface area contributed by atoms with Crippen LogP contribution in [0.3, 0.4) is 0 Å². The fraction of sp³-hybridized carbons (Fsp3) is 0.316. The van der Waals surface area contributed by atoms with E-state index in [2.05, 4.69) is 42.6 Å². The number of nitrogens with one attached hydrogen (secondary N) is 1. The lowest BCUT2D eigenvalue weighted by Gasteiger charge is -2.14. The highest BCUT2D eigenvalue weighted by atomic mass is 16.1. The van der Waals surface area contributed by atoms with Crippen LogP contribution in [0.25, 0.3) is 0 Å². The molecule has 2 aromatic carbocycles. The SMILES string of the molecule is Cc1cccc(CC(=O)N[C@@H](C)CCc2ccccc2)c1. The summed E-state index contributed by atoms with van der Waals surface area (Å²) < 4.78 is 0. The van der Waals surface area contributed by atoms with Crippen molar-refractivity contribution >= 4 is 5.91 Å². The van der Waals surface area contributed by atoms with Crippen molar-refractivity contribution in [2.45, 2.75) is 39.2 Å². The van der Waals surface area contributed by atoms with Gasteiger partial charge in [-0.2, -0.15) is 0 Å². The fourth-order valence-electron chi connectivity index (χ4n) is 2.43. The van der Waals surface area contributed by atoms with E-state index in [0.29, 0.717) is 6.42 Å². The molecular weight excluding hydrogens is 258 g/mol. The number of rotatable bonds is 6. The molecule has 0 unspecified atom stereocenters. The van der Waals surface area contributed by atoms with E-state index in [0.717, 1.165) is 18.4 Å². The zero-order chi connectivity index (χ0) is 15.1. The number of hydrogen-bond acceptors (Lipinski definition) is 1. The lowest BCUT2D eigenvalue weighted by molar-refractivity contribution is -0.121. The van der Waals surface area contributed by atoms with Crippen molar-refractivity contribution in [2.75, 3.05) is 0 Å². The molecule has 0 fully saturated rings. The number of hydrogen-bond donors (Lipinski definition) is 1. The second kappa shape index (κ2) is 7.63. The van der Waals surface area contributed by atoms with E-state index in [-0.39, 0.29) is 11.9 Å². The normalized spacial score (nSPS) is 11.9. The fourth-order valence-corrected chi connectivity index (χ4v) is 2.43. The molecule has 0 spiro atoms. The van der Waals surface area contributed by atoms with Crippen LogP contribution in [-0.2, 0) is 17.6 Å². The Balaban J connectivity index is 1.77. The van der Waals surface area contributed by atoms with E-state index in [4.69, 9.17) is 0 Å². The Kier molecular flexibility index (Phi) is 5.56. The van der Waals surface area contributed by atoms with E-state index >= 15 is 0 Å². The third-order valence-electron chi connectivity index (χ3n) is 3.56. The first-order chi connectivity index (χ1) is 10.1. The topological polar surface area (TPSA) is 29.1 Å². The molecule has 0 aliphatic carbocycles. The highest BCUT2D eigenvalue weighted by Gasteiger charge is 2.08. The van der Waals surface area contributed by atoms with E-state index < -0.39 is 0 Å². The maximum atomic E-state index is 12.0. The predicted molar refractivity (Wildman–Crippen MR) is 87.3 cm³/mol. The Morgan fingerprint density at radius 2 is 1.76 bits per heavy atom. The van der Waals surface area contributed by atoms with E-state index in [9.17, 15) is 4.79 Å². The van der Waals surface area contributed by atoms with E-state index in [1.807, 2.05) is 31.2 Å². The van der Waals surface area contributed by atoms with Crippen molar-refractivity contribution in [3.05, 3.63) is 71.3 Å². The number of carbonyl (C=O) groups is 1. The van der Waals surface area contributed by atoms with E-state index in [1.165, 1.54) is 11.1 Å². The lowest BCUT2D eigenvalue weighted by Crippen LogP contribution is -2.34. The third-order valence-corrected chi connectivity index (χ3v) is 3.56. The molecule has 0 saturated carbocycles. The zero-order valence-corrected chi connectivity index (χ0v) is 12.8. The second-order valence-electron chi connectivity index (χ2n) is 5.66. The average Bonchev–Trinajstić information content (AvgIpc) is 2.46. The van der Waals surface area contributed by atoms with Crippen molar-refractivity contribution in [2.24, 2.45) is 0 Å². The summed E-state index contributed by atoms with van der Waals surface area (Å²) in [5.74, 6) is 0.0983. The van der Waals surface area contributed by atoms with Crippen LogP contribution in [-0.4, -0.2) is 11.9 Å². The number of amides is 1. The van der Waals surface area contributed by atoms with Gasteiger partial charge in [-0.15, -0.1) is 0 Å². The molecule has 1 N–H and O–H groups in total.